The van der Waals surface area contributed by atoms with Crippen molar-refractivity contribution in [2.24, 2.45) is 7.05 Å². The minimum atomic E-state index is -0.326. The molecule has 0 aliphatic carbocycles. The Balaban J connectivity index is 1.58. The molecule has 0 atom stereocenters. The maximum absolute atomic E-state index is 13.1. The molecule has 1 saturated heterocycles. The van der Waals surface area contributed by atoms with Gasteiger partial charge in [-0.25, -0.2) is 0 Å². The zero-order chi connectivity index (χ0) is 21.9. The molecule has 3 rings (SSSR count). The molecule has 2 aromatic rings. The van der Waals surface area contributed by atoms with Crippen LogP contribution in [0.4, 0.5) is 0 Å². The third-order valence-electron chi connectivity index (χ3n) is 5.26. The van der Waals surface area contributed by atoms with E-state index in [0.29, 0.717) is 24.5 Å². The fraction of sp³-hybridized carbons (Fsp3) is 0.591. The largest absolute Gasteiger partial charge is 0.461 e. The molecule has 0 aromatic carbocycles. The van der Waals surface area contributed by atoms with E-state index in [9.17, 15) is 9.59 Å². The Kier molecular flexibility index (Phi) is 6.65. The number of rotatable bonds is 5. The fourth-order valence-electron chi connectivity index (χ4n) is 3.51. The van der Waals surface area contributed by atoms with E-state index in [1.165, 1.54) is 6.92 Å². The summed E-state index contributed by atoms with van der Waals surface area (Å²) in [5.41, 5.74) is 1.46. The minimum absolute atomic E-state index is 0.0315. The Morgan fingerprint density at radius 3 is 2.53 bits per heavy atom. The Morgan fingerprint density at radius 2 is 1.87 bits per heavy atom. The fourth-order valence-corrected chi connectivity index (χ4v) is 3.51. The lowest BCUT2D eigenvalue weighted by molar-refractivity contribution is -0.142. The quantitative estimate of drug-likeness (QED) is 0.697. The predicted octanol–water partition coefficient (Wildman–Crippen LogP) is 2.72. The average Bonchev–Trinajstić information content (AvgIpc) is 3.20. The number of esters is 1. The van der Waals surface area contributed by atoms with Crippen LogP contribution in [0.1, 0.15) is 61.8 Å². The molecule has 3 heterocycles. The average molecular weight is 417 g/mol. The highest BCUT2D eigenvalue weighted by atomic mass is 16.5. The van der Waals surface area contributed by atoms with Crippen LogP contribution in [0.5, 0.6) is 0 Å². The van der Waals surface area contributed by atoms with Crippen LogP contribution in [-0.4, -0.2) is 57.6 Å². The van der Waals surface area contributed by atoms with Gasteiger partial charge in [-0.15, -0.1) is 0 Å². The summed E-state index contributed by atoms with van der Waals surface area (Å²) < 4.78 is 12.4. The summed E-state index contributed by atoms with van der Waals surface area (Å²) in [6.45, 7) is 11.5. The summed E-state index contributed by atoms with van der Waals surface area (Å²) in [4.78, 5) is 28.2. The number of hydrogen-bond acceptors (Lipinski definition) is 6. The number of furan rings is 1. The lowest BCUT2D eigenvalue weighted by Crippen LogP contribution is -2.36. The van der Waals surface area contributed by atoms with Crippen molar-refractivity contribution in [3.63, 3.8) is 0 Å². The third kappa shape index (κ3) is 5.50. The normalized spacial score (nSPS) is 15.8. The molecule has 1 amide bonds. The summed E-state index contributed by atoms with van der Waals surface area (Å²) in [5, 5.41) is 4.54. The smallest absolute Gasteiger partial charge is 0.303 e. The van der Waals surface area contributed by atoms with Gasteiger partial charge in [0, 0.05) is 45.6 Å². The van der Waals surface area contributed by atoms with Gasteiger partial charge in [0.15, 0.2) is 0 Å². The predicted molar refractivity (Wildman–Crippen MR) is 112 cm³/mol. The highest BCUT2D eigenvalue weighted by molar-refractivity contribution is 5.92. The SMILES string of the molecule is CC(=O)OCc1ccc(CN2CCCN(C(=O)c3cc(C(C)(C)C)nn3C)CC2)o1. The standard InChI is InChI=1S/C22H32N4O4/c1-16(27)29-15-18-8-7-17(30-18)14-25-9-6-10-26(12-11-25)21(28)19-13-20(22(2,3)4)23-24(19)5/h7-8,13H,6,9-12,14-15H2,1-5H3. The molecule has 0 bridgehead atoms. The molecule has 1 fully saturated rings. The number of aromatic nitrogens is 2. The van der Waals surface area contributed by atoms with Crippen LogP contribution >= 0.6 is 0 Å². The third-order valence-corrected chi connectivity index (χ3v) is 5.26. The van der Waals surface area contributed by atoms with Gasteiger partial charge in [0.25, 0.3) is 5.91 Å². The van der Waals surface area contributed by atoms with Crippen molar-refractivity contribution >= 4 is 11.9 Å². The van der Waals surface area contributed by atoms with E-state index >= 15 is 0 Å². The number of ether oxygens (including phenoxy) is 1. The van der Waals surface area contributed by atoms with Crippen molar-refractivity contribution in [1.29, 1.82) is 0 Å². The highest BCUT2D eigenvalue weighted by Gasteiger charge is 2.26. The van der Waals surface area contributed by atoms with Gasteiger partial charge in [-0.2, -0.15) is 5.10 Å². The first-order valence-electron chi connectivity index (χ1n) is 10.4. The van der Waals surface area contributed by atoms with E-state index in [4.69, 9.17) is 9.15 Å². The summed E-state index contributed by atoms with van der Waals surface area (Å²) >= 11 is 0. The van der Waals surface area contributed by atoms with Crippen LogP contribution in [0.2, 0.25) is 0 Å². The van der Waals surface area contributed by atoms with Gasteiger partial charge < -0.3 is 14.1 Å². The first kappa shape index (κ1) is 22.1. The Morgan fingerprint density at radius 1 is 1.13 bits per heavy atom. The molecular weight excluding hydrogens is 384 g/mol. The summed E-state index contributed by atoms with van der Waals surface area (Å²) in [6, 6.07) is 5.66. The van der Waals surface area contributed by atoms with Crippen molar-refractivity contribution < 1.29 is 18.7 Å². The van der Waals surface area contributed by atoms with Gasteiger partial charge in [-0.3, -0.25) is 19.2 Å². The molecule has 0 spiro atoms. The second-order valence-corrected chi connectivity index (χ2v) is 8.86. The number of amides is 1. The Bertz CT molecular complexity index is 893. The summed E-state index contributed by atoms with van der Waals surface area (Å²) in [5.74, 6) is 1.17. The van der Waals surface area contributed by atoms with Gasteiger partial charge >= 0.3 is 5.97 Å². The highest BCUT2D eigenvalue weighted by Crippen LogP contribution is 2.22. The van der Waals surface area contributed by atoms with Crippen LogP contribution in [0.25, 0.3) is 0 Å². The van der Waals surface area contributed by atoms with Gasteiger partial charge in [-0.1, -0.05) is 20.8 Å². The van der Waals surface area contributed by atoms with Crippen LogP contribution in [0.3, 0.4) is 0 Å². The maximum atomic E-state index is 13.1. The van der Waals surface area contributed by atoms with E-state index in [2.05, 4.69) is 30.8 Å². The van der Waals surface area contributed by atoms with E-state index in [1.54, 1.807) is 4.68 Å². The van der Waals surface area contributed by atoms with Crippen LogP contribution in [-0.2, 0) is 35.1 Å². The molecule has 164 valence electrons. The Hall–Kier alpha value is -2.61. The summed E-state index contributed by atoms with van der Waals surface area (Å²) in [7, 11) is 1.83. The molecular formula is C22H32N4O4. The van der Waals surface area contributed by atoms with Crippen LogP contribution in [0.15, 0.2) is 22.6 Å². The molecule has 1 aliphatic rings. The van der Waals surface area contributed by atoms with Crippen molar-refractivity contribution in [3.05, 3.63) is 41.1 Å². The number of aryl methyl sites for hydroxylation is 1. The lowest BCUT2D eigenvalue weighted by Gasteiger charge is -2.21. The van der Waals surface area contributed by atoms with E-state index in [0.717, 1.165) is 37.5 Å². The molecule has 0 N–H and O–H groups in total. The molecule has 0 saturated carbocycles. The second kappa shape index (κ2) is 9.04. The first-order valence-corrected chi connectivity index (χ1v) is 10.4. The molecule has 30 heavy (non-hydrogen) atoms. The lowest BCUT2D eigenvalue weighted by atomic mass is 9.92. The van der Waals surface area contributed by atoms with Crippen LogP contribution in [0, 0.1) is 0 Å². The number of hydrogen-bond donors (Lipinski definition) is 0. The number of carbonyl (C=O) groups excluding carboxylic acids is 2. The van der Waals surface area contributed by atoms with Crippen molar-refractivity contribution in [2.45, 2.75) is 52.7 Å². The van der Waals surface area contributed by atoms with Gasteiger partial charge in [0.2, 0.25) is 0 Å². The molecule has 0 unspecified atom stereocenters. The number of carbonyl (C=O) groups is 2. The Labute approximate surface area is 177 Å². The van der Waals surface area contributed by atoms with Gasteiger partial charge in [0.05, 0.1) is 12.2 Å². The molecule has 8 heteroatoms. The van der Waals surface area contributed by atoms with Gasteiger partial charge in [-0.05, 0) is 24.6 Å². The van der Waals surface area contributed by atoms with Gasteiger partial charge in [0.1, 0.15) is 23.8 Å². The summed E-state index contributed by atoms with van der Waals surface area (Å²) in [6.07, 6.45) is 0.900. The number of nitrogens with zero attached hydrogens (tertiary/aromatic N) is 4. The maximum Gasteiger partial charge on any atom is 0.303 e. The zero-order valence-electron chi connectivity index (χ0n) is 18.6. The molecule has 2 aromatic heterocycles. The van der Waals surface area contributed by atoms with Crippen molar-refractivity contribution in [2.75, 3.05) is 26.2 Å². The van der Waals surface area contributed by atoms with E-state index in [1.807, 2.05) is 30.1 Å². The second-order valence-electron chi connectivity index (χ2n) is 8.86. The van der Waals surface area contributed by atoms with Crippen molar-refractivity contribution in [1.82, 2.24) is 19.6 Å². The molecule has 1 aliphatic heterocycles. The van der Waals surface area contributed by atoms with E-state index < -0.39 is 0 Å². The molecule has 0 radical (unpaired) electrons. The van der Waals surface area contributed by atoms with Crippen molar-refractivity contribution in [3.8, 4) is 0 Å². The molecule has 8 nitrogen and oxygen atoms in total. The zero-order valence-corrected chi connectivity index (χ0v) is 18.6. The van der Waals surface area contributed by atoms with Crippen LogP contribution < -0.4 is 0 Å². The first-order chi connectivity index (χ1) is 14.1. The minimum Gasteiger partial charge on any atom is -0.461 e. The topological polar surface area (TPSA) is 80.8 Å². The van der Waals surface area contributed by atoms with E-state index in [-0.39, 0.29) is 23.9 Å². The monoisotopic (exact) mass is 416 g/mol.